The van der Waals surface area contributed by atoms with E-state index in [2.05, 4.69) is 65.0 Å². The highest BCUT2D eigenvalue weighted by atomic mass is 14.8. The second kappa shape index (κ2) is 4.07. The number of hydrogen-bond acceptors (Lipinski definition) is 2. The molecule has 0 atom stereocenters. The highest BCUT2D eigenvalue weighted by Crippen LogP contribution is 2.37. The van der Waals surface area contributed by atoms with E-state index in [1.807, 2.05) is 0 Å². The minimum absolute atomic E-state index is 0.0362. The molecule has 0 saturated carbocycles. The summed E-state index contributed by atoms with van der Waals surface area (Å²) in [5.41, 5.74) is 1.79. The molecule has 0 fully saturated rings. The Bertz CT molecular complexity index is 231. The van der Waals surface area contributed by atoms with Crippen LogP contribution in [0, 0.1) is 10.8 Å². The molecule has 0 bridgehead atoms. The zero-order chi connectivity index (χ0) is 11.6. The Labute approximate surface area is 87.9 Å². The van der Waals surface area contributed by atoms with Gasteiger partial charge in [0.2, 0.25) is 0 Å². The van der Waals surface area contributed by atoms with Crippen LogP contribution in [0.25, 0.3) is 0 Å². The molecule has 14 heavy (non-hydrogen) atoms. The third kappa shape index (κ3) is 3.09. The number of nitrogens with zero attached hydrogens (tertiary/aromatic N) is 2. The van der Waals surface area contributed by atoms with Crippen molar-refractivity contribution in [2.24, 2.45) is 20.8 Å². The predicted molar refractivity (Wildman–Crippen MR) is 65.0 cm³/mol. The van der Waals surface area contributed by atoms with E-state index in [1.54, 1.807) is 0 Å². The fourth-order valence-corrected chi connectivity index (χ4v) is 1.33. The highest BCUT2D eigenvalue weighted by Gasteiger charge is 2.26. The van der Waals surface area contributed by atoms with Crippen LogP contribution >= 0.6 is 0 Å². The Balaban J connectivity index is 5.60. The molecule has 0 aromatic heterocycles. The number of aliphatic imine (C=N–C) groups is 2. The van der Waals surface area contributed by atoms with Gasteiger partial charge in [-0.15, -0.1) is 0 Å². The second-order valence-corrected chi connectivity index (χ2v) is 5.51. The zero-order valence-electron chi connectivity index (χ0n) is 10.3. The van der Waals surface area contributed by atoms with Crippen molar-refractivity contribution in [2.45, 2.75) is 41.5 Å². The lowest BCUT2D eigenvalue weighted by molar-refractivity contribution is 0.438. The molecule has 0 spiro atoms. The van der Waals surface area contributed by atoms with E-state index >= 15 is 0 Å². The first kappa shape index (κ1) is 13.1. The molecule has 0 unspecified atom stereocenters. The van der Waals surface area contributed by atoms with Crippen LogP contribution in [0.3, 0.4) is 0 Å². The molecule has 0 aliphatic rings. The molecule has 0 amide bonds. The van der Waals surface area contributed by atoms with E-state index in [0.717, 1.165) is 11.4 Å². The largest absolute Gasteiger partial charge is 0.267 e. The van der Waals surface area contributed by atoms with Gasteiger partial charge < -0.3 is 0 Å². The molecule has 0 heterocycles. The number of allylic oxidation sites excluding steroid dienone is 2. The van der Waals surface area contributed by atoms with Crippen molar-refractivity contribution in [2.75, 3.05) is 0 Å². The monoisotopic (exact) mass is 194 g/mol. The lowest BCUT2D eigenvalue weighted by atomic mass is 9.83. The van der Waals surface area contributed by atoms with Crippen molar-refractivity contribution in [1.82, 2.24) is 0 Å². The third-order valence-corrected chi connectivity index (χ3v) is 1.96. The summed E-state index contributed by atoms with van der Waals surface area (Å²) in [5, 5.41) is 0. The van der Waals surface area contributed by atoms with Crippen LogP contribution < -0.4 is 0 Å². The first-order valence-corrected chi connectivity index (χ1v) is 4.83. The van der Waals surface area contributed by atoms with Gasteiger partial charge in [-0.3, -0.25) is 9.98 Å². The summed E-state index contributed by atoms with van der Waals surface area (Å²) < 4.78 is 0. The molecule has 80 valence electrons. The van der Waals surface area contributed by atoms with E-state index in [4.69, 9.17) is 0 Å². The first-order chi connectivity index (χ1) is 6.14. The van der Waals surface area contributed by atoms with Gasteiger partial charge in [0, 0.05) is 10.8 Å². The molecule has 0 N–H and O–H groups in total. The molecule has 0 aliphatic heterocycles. The summed E-state index contributed by atoms with van der Waals surface area (Å²) in [6.45, 7) is 19.9. The average Bonchev–Trinajstić information content (AvgIpc) is 1.94. The van der Waals surface area contributed by atoms with E-state index in [0.29, 0.717) is 0 Å². The Hall–Kier alpha value is -0.920. The van der Waals surface area contributed by atoms with Gasteiger partial charge in [0.15, 0.2) is 0 Å². The molecular weight excluding hydrogens is 172 g/mol. The van der Waals surface area contributed by atoms with Crippen molar-refractivity contribution in [3.63, 3.8) is 0 Å². The summed E-state index contributed by atoms with van der Waals surface area (Å²) >= 11 is 0. The van der Waals surface area contributed by atoms with Crippen LogP contribution in [0.4, 0.5) is 0 Å². The molecule has 2 nitrogen and oxygen atoms in total. The molecule has 0 rings (SSSR count). The molecule has 0 aliphatic carbocycles. The Morgan fingerprint density at radius 1 is 0.714 bits per heavy atom. The van der Waals surface area contributed by atoms with Gasteiger partial charge in [0.05, 0.1) is 11.4 Å². The van der Waals surface area contributed by atoms with E-state index in [1.165, 1.54) is 0 Å². The van der Waals surface area contributed by atoms with Gasteiger partial charge in [0.1, 0.15) is 0 Å². The van der Waals surface area contributed by atoms with Crippen molar-refractivity contribution >= 4 is 13.4 Å². The van der Waals surface area contributed by atoms with Crippen LogP contribution in [0.2, 0.25) is 0 Å². The predicted octanol–water partition coefficient (Wildman–Crippen LogP) is 3.69. The topological polar surface area (TPSA) is 24.7 Å². The standard InChI is InChI=1S/C12H22N2/c1-11(2,3)9(13-7)10(14-8)12(4,5)6/h7-8H2,1-6H3/b10-9-. The average molecular weight is 194 g/mol. The van der Waals surface area contributed by atoms with Gasteiger partial charge in [0.25, 0.3) is 0 Å². The van der Waals surface area contributed by atoms with Gasteiger partial charge in [-0.05, 0) is 13.4 Å². The highest BCUT2D eigenvalue weighted by molar-refractivity contribution is 5.38. The summed E-state index contributed by atoms with van der Waals surface area (Å²) in [4.78, 5) is 8.19. The van der Waals surface area contributed by atoms with Gasteiger partial charge >= 0.3 is 0 Å². The van der Waals surface area contributed by atoms with Crippen LogP contribution in [0.5, 0.6) is 0 Å². The van der Waals surface area contributed by atoms with Gasteiger partial charge in [-0.25, -0.2) is 0 Å². The van der Waals surface area contributed by atoms with Crippen LogP contribution in [0.1, 0.15) is 41.5 Å². The normalized spacial score (nSPS) is 14.7. The Morgan fingerprint density at radius 3 is 1.00 bits per heavy atom. The van der Waals surface area contributed by atoms with Crippen LogP contribution in [-0.4, -0.2) is 13.4 Å². The summed E-state index contributed by atoms with van der Waals surface area (Å²) in [5.74, 6) is 0. The maximum absolute atomic E-state index is 4.09. The lowest BCUT2D eigenvalue weighted by Crippen LogP contribution is -2.17. The first-order valence-electron chi connectivity index (χ1n) is 4.83. The minimum Gasteiger partial charge on any atom is -0.267 e. The van der Waals surface area contributed by atoms with Crippen LogP contribution in [-0.2, 0) is 0 Å². The van der Waals surface area contributed by atoms with E-state index in [9.17, 15) is 0 Å². The quantitative estimate of drug-likeness (QED) is 0.599. The third-order valence-electron chi connectivity index (χ3n) is 1.96. The number of rotatable bonds is 2. The maximum Gasteiger partial charge on any atom is 0.0669 e. The zero-order valence-corrected chi connectivity index (χ0v) is 10.3. The molecule has 2 heteroatoms. The Kier molecular flexibility index (Phi) is 3.81. The molecule has 0 aromatic carbocycles. The molecule has 0 radical (unpaired) electrons. The van der Waals surface area contributed by atoms with E-state index < -0.39 is 0 Å². The molecule has 0 saturated heterocycles. The van der Waals surface area contributed by atoms with Crippen molar-refractivity contribution < 1.29 is 0 Å². The molecule has 0 aromatic rings. The maximum atomic E-state index is 4.09. The van der Waals surface area contributed by atoms with Gasteiger partial charge in [-0.2, -0.15) is 0 Å². The SMILES string of the molecule is C=N/C(=C(\N=C)C(C)(C)C)C(C)(C)C. The summed E-state index contributed by atoms with van der Waals surface area (Å²) in [6.07, 6.45) is 0. The van der Waals surface area contributed by atoms with Crippen LogP contribution in [0.15, 0.2) is 21.4 Å². The van der Waals surface area contributed by atoms with Crippen molar-refractivity contribution in [3.8, 4) is 0 Å². The minimum atomic E-state index is -0.0362. The second-order valence-electron chi connectivity index (χ2n) is 5.51. The summed E-state index contributed by atoms with van der Waals surface area (Å²) in [6, 6.07) is 0. The van der Waals surface area contributed by atoms with E-state index in [-0.39, 0.29) is 10.8 Å². The van der Waals surface area contributed by atoms with Crippen molar-refractivity contribution in [3.05, 3.63) is 11.4 Å². The van der Waals surface area contributed by atoms with Crippen molar-refractivity contribution in [1.29, 1.82) is 0 Å². The summed E-state index contributed by atoms with van der Waals surface area (Å²) in [7, 11) is 0. The van der Waals surface area contributed by atoms with Gasteiger partial charge in [-0.1, -0.05) is 41.5 Å². The lowest BCUT2D eigenvalue weighted by Gasteiger charge is -2.27. The fourth-order valence-electron chi connectivity index (χ4n) is 1.33. The molecular formula is C12H22N2. The fraction of sp³-hybridized carbons (Fsp3) is 0.667. The number of hydrogen-bond donors (Lipinski definition) is 0. The Morgan fingerprint density at radius 2 is 0.929 bits per heavy atom. The smallest absolute Gasteiger partial charge is 0.0669 e.